The van der Waals surface area contributed by atoms with Crippen LogP contribution in [0.25, 0.3) is 0 Å². The summed E-state index contributed by atoms with van der Waals surface area (Å²) in [6.45, 7) is 9.99. The monoisotopic (exact) mass is 225 g/mol. The number of allylic oxidation sites excluding steroid dienone is 5. The third kappa shape index (κ3) is 8.42. The minimum Gasteiger partial charge on any atom is -0.307 e. The highest BCUT2D eigenvalue weighted by atomic mass is 19.1. The molecule has 0 N–H and O–H groups in total. The number of rotatable bonds is 8. The summed E-state index contributed by atoms with van der Waals surface area (Å²) >= 11 is 0. The van der Waals surface area contributed by atoms with Crippen LogP contribution in [0.5, 0.6) is 0 Å². The highest BCUT2D eigenvalue weighted by Crippen LogP contribution is 2.10. The zero-order chi connectivity index (χ0) is 12.4. The van der Waals surface area contributed by atoms with Crippen LogP contribution >= 0.6 is 0 Å². The van der Waals surface area contributed by atoms with Crippen LogP contribution in [0.15, 0.2) is 36.7 Å². The van der Waals surface area contributed by atoms with E-state index in [-0.39, 0.29) is 5.83 Å². The van der Waals surface area contributed by atoms with Crippen molar-refractivity contribution in [1.82, 2.24) is 4.90 Å². The molecule has 0 aromatic carbocycles. The van der Waals surface area contributed by atoms with Crippen molar-refractivity contribution in [2.24, 2.45) is 5.92 Å². The van der Waals surface area contributed by atoms with Gasteiger partial charge in [0.1, 0.15) is 5.83 Å². The first-order valence-electron chi connectivity index (χ1n) is 5.93. The molecule has 0 heterocycles. The van der Waals surface area contributed by atoms with E-state index in [1.165, 1.54) is 18.2 Å². The molecule has 0 aliphatic heterocycles. The third-order valence-electron chi connectivity index (χ3n) is 2.64. The number of nitrogens with zero attached hydrogens (tertiary/aromatic N) is 1. The summed E-state index contributed by atoms with van der Waals surface area (Å²) in [5.41, 5.74) is 0. The fraction of sp³-hybridized carbons (Fsp3) is 0.571. The van der Waals surface area contributed by atoms with E-state index in [2.05, 4.69) is 32.4 Å². The normalized spacial score (nSPS) is 14.7. The van der Waals surface area contributed by atoms with E-state index in [9.17, 15) is 4.39 Å². The first-order chi connectivity index (χ1) is 7.60. The van der Waals surface area contributed by atoms with Crippen LogP contribution < -0.4 is 0 Å². The highest BCUT2D eigenvalue weighted by Gasteiger charge is 2.01. The minimum atomic E-state index is -0.229. The van der Waals surface area contributed by atoms with Crippen molar-refractivity contribution < 1.29 is 4.39 Å². The van der Waals surface area contributed by atoms with Crippen molar-refractivity contribution in [2.45, 2.75) is 26.7 Å². The Bertz CT molecular complexity index is 243. The Labute approximate surface area is 99.3 Å². The van der Waals surface area contributed by atoms with E-state index in [0.717, 1.165) is 25.9 Å². The molecular weight excluding hydrogens is 201 g/mol. The smallest absolute Gasteiger partial charge is 0.122 e. The predicted molar refractivity (Wildman–Crippen MR) is 70.1 cm³/mol. The molecule has 0 amide bonds. The van der Waals surface area contributed by atoms with E-state index < -0.39 is 0 Å². The highest BCUT2D eigenvalue weighted by molar-refractivity contribution is 5.16. The largest absolute Gasteiger partial charge is 0.307 e. The van der Waals surface area contributed by atoms with Gasteiger partial charge in [-0.15, -0.1) is 0 Å². The van der Waals surface area contributed by atoms with Crippen molar-refractivity contribution in [3.05, 3.63) is 36.7 Å². The first-order valence-corrected chi connectivity index (χ1v) is 5.93. The summed E-state index contributed by atoms with van der Waals surface area (Å²) in [7, 11) is 2.12. The minimum absolute atomic E-state index is 0.229. The molecule has 1 unspecified atom stereocenters. The van der Waals surface area contributed by atoms with Crippen molar-refractivity contribution in [2.75, 3.05) is 20.1 Å². The molecule has 0 rings (SSSR count). The van der Waals surface area contributed by atoms with E-state index in [4.69, 9.17) is 0 Å². The van der Waals surface area contributed by atoms with Gasteiger partial charge in [-0.05, 0) is 51.0 Å². The fourth-order valence-electron chi connectivity index (χ4n) is 1.30. The summed E-state index contributed by atoms with van der Waals surface area (Å²) in [4.78, 5) is 2.29. The molecule has 0 aromatic rings. The second kappa shape index (κ2) is 9.34. The van der Waals surface area contributed by atoms with Crippen molar-refractivity contribution >= 4 is 0 Å². The van der Waals surface area contributed by atoms with Crippen LogP contribution in [0.4, 0.5) is 4.39 Å². The molecule has 0 saturated heterocycles. The Hall–Kier alpha value is -0.890. The summed E-state index contributed by atoms with van der Waals surface area (Å²) < 4.78 is 12.9. The average Bonchev–Trinajstić information content (AvgIpc) is 2.26. The van der Waals surface area contributed by atoms with Gasteiger partial charge in [0, 0.05) is 0 Å². The second-order valence-corrected chi connectivity index (χ2v) is 4.22. The molecule has 0 aliphatic rings. The van der Waals surface area contributed by atoms with E-state index >= 15 is 0 Å². The standard InChI is InChI=1S/C14H24FN/c1-5-8-14(15)10-7-9-13(3)11-12-16(4)6-2/h5,7-8,10,13H,1,6,9,11-12H2,2-4H3/b10-7-,14-8+. The van der Waals surface area contributed by atoms with Crippen molar-refractivity contribution in [3.63, 3.8) is 0 Å². The van der Waals surface area contributed by atoms with Crippen LogP contribution in [-0.2, 0) is 0 Å². The van der Waals surface area contributed by atoms with Crippen LogP contribution in [0, 0.1) is 5.92 Å². The summed E-state index contributed by atoms with van der Waals surface area (Å²) in [5.74, 6) is 0.370. The van der Waals surface area contributed by atoms with Gasteiger partial charge in [-0.1, -0.05) is 32.6 Å². The topological polar surface area (TPSA) is 3.24 Å². The van der Waals surface area contributed by atoms with Crippen LogP contribution in [0.2, 0.25) is 0 Å². The molecule has 2 heteroatoms. The summed E-state index contributed by atoms with van der Waals surface area (Å²) in [5, 5.41) is 0. The molecule has 0 fully saturated rings. The van der Waals surface area contributed by atoms with E-state index in [1.54, 1.807) is 0 Å². The molecule has 1 atom stereocenters. The van der Waals surface area contributed by atoms with E-state index in [0.29, 0.717) is 5.92 Å². The van der Waals surface area contributed by atoms with Gasteiger partial charge >= 0.3 is 0 Å². The quantitative estimate of drug-likeness (QED) is 0.565. The average molecular weight is 225 g/mol. The molecule has 0 aromatic heterocycles. The van der Waals surface area contributed by atoms with Gasteiger partial charge in [0.2, 0.25) is 0 Å². The lowest BCUT2D eigenvalue weighted by Gasteiger charge is -2.16. The van der Waals surface area contributed by atoms with E-state index in [1.807, 2.05) is 6.08 Å². The van der Waals surface area contributed by atoms with Crippen LogP contribution in [-0.4, -0.2) is 25.0 Å². The predicted octanol–water partition coefficient (Wildman–Crippen LogP) is 3.95. The lowest BCUT2D eigenvalue weighted by Crippen LogP contribution is -2.20. The molecule has 1 nitrogen and oxygen atoms in total. The Morgan fingerprint density at radius 3 is 2.75 bits per heavy atom. The SMILES string of the molecule is C=C/C=C(F)\C=C/CC(C)CCN(C)CC. The Morgan fingerprint density at radius 2 is 2.19 bits per heavy atom. The molecule has 0 bridgehead atoms. The Morgan fingerprint density at radius 1 is 1.50 bits per heavy atom. The van der Waals surface area contributed by atoms with Gasteiger partial charge in [-0.3, -0.25) is 0 Å². The number of halogens is 1. The molecular formula is C14H24FN. The summed E-state index contributed by atoms with van der Waals surface area (Å²) in [6, 6.07) is 0. The van der Waals surface area contributed by atoms with Crippen molar-refractivity contribution in [3.8, 4) is 0 Å². The molecule has 0 aliphatic carbocycles. The van der Waals surface area contributed by atoms with Crippen LogP contribution in [0.3, 0.4) is 0 Å². The Kier molecular flexibility index (Phi) is 8.82. The maximum atomic E-state index is 12.9. The molecule has 92 valence electrons. The van der Waals surface area contributed by atoms with Gasteiger partial charge in [0.25, 0.3) is 0 Å². The maximum absolute atomic E-state index is 12.9. The molecule has 0 radical (unpaired) electrons. The number of hydrogen-bond acceptors (Lipinski definition) is 1. The van der Waals surface area contributed by atoms with Gasteiger partial charge in [0.05, 0.1) is 0 Å². The van der Waals surface area contributed by atoms with Gasteiger partial charge < -0.3 is 4.90 Å². The van der Waals surface area contributed by atoms with Gasteiger partial charge in [0.15, 0.2) is 0 Å². The summed E-state index contributed by atoms with van der Waals surface area (Å²) in [6.07, 6.45) is 8.32. The fourth-order valence-corrected chi connectivity index (χ4v) is 1.30. The second-order valence-electron chi connectivity index (χ2n) is 4.22. The Balaban J connectivity index is 3.76. The zero-order valence-electron chi connectivity index (χ0n) is 10.7. The molecule has 0 spiro atoms. The van der Waals surface area contributed by atoms with Crippen molar-refractivity contribution in [1.29, 1.82) is 0 Å². The maximum Gasteiger partial charge on any atom is 0.122 e. The van der Waals surface area contributed by atoms with Gasteiger partial charge in [-0.25, -0.2) is 4.39 Å². The van der Waals surface area contributed by atoms with Crippen LogP contribution in [0.1, 0.15) is 26.7 Å². The first kappa shape index (κ1) is 15.1. The van der Waals surface area contributed by atoms with Gasteiger partial charge in [-0.2, -0.15) is 0 Å². The lowest BCUT2D eigenvalue weighted by atomic mass is 10.0. The number of hydrogen-bond donors (Lipinski definition) is 0. The third-order valence-corrected chi connectivity index (χ3v) is 2.64. The molecule has 16 heavy (non-hydrogen) atoms. The zero-order valence-corrected chi connectivity index (χ0v) is 10.7. The lowest BCUT2D eigenvalue weighted by molar-refractivity contribution is 0.320. The molecule has 0 saturated carbocycles.